The third kappa shape index (κ3) is 6.50. The van der Waals surface area contributed by atoms with Crippen LogP contribution in [0.25, 0.3) is 0 Å². The number of ether oxygens (including phenoxy) is 1. The van der Waals surface area contributed by atoms with Gasteiger partial charge in [0.05, 0.1) is 24.2 Å². The average Bonchev–Trinajstić information content (AvgIpc) is 3.40. The molecule has 0 radical (unpaired) electrons. The zero-order valence-electron chi connectivity index (χ0n) is 21.6. The van der Waals surface area contributed by atoms with Gasteiger partial charge in [-0.15, -0.1) is 0 Å². The van der Waals surface area contributed by atoms with Crippen LogP contribution in [0, 0.1) is 5.82 Å². The van der Waals surface area contributed by atoms with Crippen LogP contribution in [-0.4, -0.2) is 34.0 Å². The largest absolute Gasteiger partial charge is 0.492 e. The number of carbonyl (C=O) groups excluding carboxylic acids is 2. The molecule has 0 saturated heterocycles. The smallest absolute Gasteiger partial charge is 0.255 e. The van der Waals surface area contributed by atoms with Gasteiger partial charge < -0.3 is 25.7 Å². The van der Waals surface area contributed by atoms with Gasteiger partial charge in [0.1, 0.15) is 17.6 Å². The second-order valence-corrected chi connectivity index (χ2v) is 10.1. The predicted octanol–water partition coefficient (Wildman–Crippen LogP) is 4.16. The van der Waals surface area contributed by atoms with Gasteiger partial charge in [0.2, 0.25) is 5.91 Å². The second kappa shape index (κ2) is 12.3. The van der Waals surface area contributed by atoms with Crippen molar-refractivity contribution in [2.75, 3.05) is 6.61 Å². The lowest BCUT2D eigenvalue weighted by molar-refractivity contribution is -0.119. The van der Waals surface area contributed by atoms with Gasteiger partial charge in [-0.05, 0) is 41.5 Å². The molecule has 2 unspecified atom stereocenters. The van der Waals surface area contributed by atoms with Crippen LogP contribution in [0.1, 0.15) is 45.2 Å². The second-order valence-electron chi connectivity index (χ2n) is 9.69. The molecule has 1 aliphatic rings. The number of imidazole rings is 1. The molecule has 0 spiro atoms. The van der Waals surface area contributed by atoms with Gasteiger partial charge in [-0.3, -0.25) is 9.59 Å². The van der Waals surface area contributed by atoms with E-state index in [0.29, 0.717) is 42.5 Å². The molecule has 4 N–H and O–H groups in total. The first kappa shape index (κ1) is 27.4. The van der Waals surface area contributed by atoms with Gasteiger partial charge >= 0.3 is 0 Å². The molecule has 0 aliphatic carbocycles. The molecule has 2 atom stereocenters. The fourth-order valence-corrected chi connectivity index (χ4v) is 4.91. The molecule has 8 nitrogen and oxygen atoms in total. The highest BCUT2D eigenvalue weighted by Gasteiger charge is 2.28. The molecule has 206 valence electrons. The average molecular weight is 562 g/mol. The summed E-state index contributed by atoms with van der Waals surface area (Å²) in [5, 5.41) is 6.91. The number of nitrogens with two attached hydrogens (primary N) is 1. The number of fused-ring (bicyclic) bond motifs is 1. The molecule has 1 aromatic heterocycles. The van der Waals surface area contributed by atoms with E-state index in [0.717, 1.165) is 22.4 Å². The number of rotatable bonds is 10. The fourth-order valence-electron chi connectivity index (χ4n) is 4.78. The molecule has 2 amide bonds. The Hall–Kier alpha value is -4.21. The van der Waals surface area contributed by atoms with Crippen LogP contribution in [0.15, 0.2) is 79.3 Å². The van der Waals surface area contributed by atoms with E-state index >= 15 is 0 Å². The van der Waals surface area contributed by atoms with E-state index < -0.39 is 17.9 Å². The maximum atomic E-state index is 13.3. The predicted molar refractivity (Wildman–Crippen MR) is 149 cm³/mol. The van der Waals surface area contributed by atoms with Gasteiger partial charge in [-0.2, -0.15) is 0 Å². The van der Waals surface area contributed by atoms with E-state index in [4.69, 9.17) is 22.1 Å². The minimum absolute atomic E-state index is 0.0633. The molecule has 40 heavy (non-hydrogen) atoms. The van der Waals surface area contributed by atoms with E-state index in [9.17, 15) is 14.0 Å². The maximum absolute atomic E-state index is 13.3. The number of nitrogens with one attached hydrogen (secondary N) is 2. The van der Waals surface area contributed by atoms with Crippen molar-refractivity contribution in [1.29, 1.82) is 0 Å². The molecule has 4 aromatic rings. The van der Waals surface area contributed by atoms with Crippen molar-refractivity contribution in [1.82, 2.24) is 20.2 Å². The van der Waals surface area contributed by atoms with Crippen molar-refractivity contribution >= 4 is 23.4 Å². The number of halogens is 2. The van der Waals surface area contributed by atoms with Crippen LogP contribution in [0.3, 0.4) is 0 Å². The molecule has 10 heteroatoms. The van der Waals surface area contributed by atoms with Crippen LogP contribution in [0.5, 0.6) is 5.75 Å². The number of amides is 2. The zero-order chi connectivity index (χ0) is 28.1. The van der Waals surface area contributed by atoms with Crippen molar-refractivity contribution in [2.24, 2.45) is 5.73 Å². The topological polar surface area (TPSA) is 111 Å². The summed E-state index contributed by atoms with van der Waals surface area (Å²) in [6.07, 6.45) is 4.50. The van der Waals surface area contributed by atoms with Gasteiger partial charge in [0.25, 0.3) is 5.91 Å². The Labute approximate surface area is 236 Å². The van der Waals surface area contributed by atoms with E-state index in [1.54, 1.807) is 61.1 Å². The van der Waals surface area contributed by atoms with Crippen molar-refractivity contribution < 1.29 is 18.7 Å². The van der Waals surface area contributed by atoms with Crippen molar-refractivity contribution in [3.05, 3.63) is 118 Å². The molecular formula is C30H29ClFN5O3. The summed E-state index contributed by atoms with van der Waals surface area (Å²) in [6, 6.07) is 17.9. The van der Waals surface area contributed by atoms with Crippen LogP contribution in [-0.2, 0) is 24.3 Å². The summed E-state index contributed by atoms with van der Waals surface area (Å²) >= 11 is 5.95. The number of aromatic nitrogens is 2. The van der Waals surface area contributed by atoms with Crippen molar-refractivity contribution in [2.45, 2.75) is 38.0 Å². The number of hydrogen-bond acceptors (Lipinski definition) is 5. The highest BCUT2D eigenvalue weighted by atomic mass is 35.5. The highest BCUT2D eigenvalue weighted by molar-refractivity contribution is 6.30. The molecule has 2 heterocycles. The normalized spacial score (nSPS) is 15.1. The van der Waals surface area contributed by atoms with Gasteiger partial charge in [-0.25, -0.2) is 9.37 Å². The Kier molecular flexibility index (Phi) is 8.42. The Balaban J connectivity index is 1.27. The molecule has 0 bridgehead atoms. The van der Waals surface area contributed by atoms with E-state index in [1.807, 2.05) is 10.6 Å². The zero-order valence-corrected chi connectivity index (χ0v) is 22.4. The lowest BCUT2D eigenvalue weighted by Crippen LogP contribution is -2.46. The maximum Gasteiger partial charge on any atom is 0.255 e. The molecule has 0 saturated carbocycles. The Morgan fingerprint density at radius 1 is 1.10 bits per heavy atom. The summed E-state index contributed by atoms with van der Waals surface area (Å²) in [4.78, 5) is 29.7. The number of nitrogens with zero attached hydrogens (tertiary/aromatic N) is 2. The lowest BCUT2D eigenvalue weighted by Gasteiger charge is -2.28. The summed E-state index contributed by atoms with van der Waals surface area (Å²) in [6.45, 7) is 1.53. The summed E-state index contributed by atoms with van der Waals surface area (Å²) in [5.74, 6) is -0.856. The molecule has 5 rings (SSSR count). The van der Waals surface area contributed by atoms with E-state index in [1.165, 1.54) is 12.1 Å². The van der Waals surface area contributed by atoms with Crippen LogP contribution in [0.4, 0.5) is 4.39 Å². The Morgan fingerprint density at radius 3 is 2.60 bits per heavy atom. The molecule has 1 aliphatic heterocycles. The highest BCUT2D eigenvalue weighted by Crippen LogP contribution is 2.35. The number of carbonyl (C=O) groups is 2. The van der Waals surface area contributed by atoms with Gasteiger partial charge in [-0.1, -0.05) is 48.0 Å². The molecular weight excluding hydrogens is 533 g/mol. The van der Waals surface area contributed by atoms with E-state index in [2.05, 4.69) is 15.6 Å². The van der Waals surface area contributed by atoms with Crippen molar-refractivity contribution in [3.8, 4) is 5.75 Å². The Bertz CT molecular complexity index is 1490. The minimum Gasteiger partial charge on any atom is -0.492 e. The SMILES string of the molecule is NC(=O)C(Cc1ccc(Cl)cc1)NC(=O)c1cccc2c1OCCC2NCc1cncn1Cc1ccc(F)cc1. The first-order valence-electron chi connectivity index (χ1n) is 12.9. The van der Waals surface area contributed by atoms with Crippen LogP contribution in [0.2, 0.25) is 5.02 Å². The lowest BCUT2D eigenvalue weighted by atomic mass is 9.96. The molecule has 0 fully saturated rings. The van der Waals surface area contributed by atoms with Gasteiger partial charge in [0, 0.05) is 48.8 Å². The number of hydrogen-bond donors (Lipinski definition) is 3. The molecule has 3 aromatic carbocycles. The van der Waals surface area contributed by atoms with Gasteiger partial charge in [0.15, 0.2) is 0 Å². The fraction of sp³-hybridized carbons (Fsp3) is 0.233. The van der Waals surface area contributed by atoms with E-state index in [-0.39, 0.29) is 18.3 Å². The van der Waals surface area contributed by atoms with Crippen LogP contribution >= 0.6 is 11.6 Å². The standard InChI is InChI=1S/C30H29ClFN5O3/c31-21-8-4-19(5-9-21)14-27(29(33)38)36-30(39)25-3-1-2-24-26(12-13-40-28(24)25)35-16-23-15-34-18-37(23)17-20-6-10-22(32)11-7-20/h1-11,15,18,26-27,35H,12-14,16-17H2,(H2,33,38)(H,36,39). The third-order valence-electron chi connectivity index (χ3n) is 6.91. The first-order valence-corrected chi connectivity index (χ1v) is 13.3. The number of para-hydroxylation sites is 1. The summed E-state index contributed by atoms with van der Waals surface area (Å²) in [7, 11) is 0. The summed E-state index contributed by atoms with van der Waals surface area (Å²) in [5.41, 5.74) is 9.57. The summed E-state index contributed by atoms with van der Waals surface area (Å²) < 4.78 is 21.2. The Morgan fingerprint density at radius 2 is 1.85 bits per heavy atom. The third-order valence-corrected chi connectivity index (χ3v) is 7.17. The first-order chi connectivity index (χ1) is 19.4. The van der Waals surface area contributed by atoms with Crippen LogP contribution < -0.4 is 21.1 Å². The van der Waals surface area contributed by atoms with Crippen molar-refractivity contribution in [3.63, 3.8) is 0 Å². The number of benzene rings is 3. The quantitative estimate of drug-likeness (QED) is 0.269. The number of primary amides is 1. The minimum atomic E-state index is -0.900. The monoisotopic (exact) mass is 561 g/mol.